The Morgan fingerprint density at radius 3 is 2.42 bits per heavy atom. The summed E-state index contributed by atoms with van der Waals surface area (Å²) >= 11 is 0. The lowest BCUT2D eigenvalue weighted by molar-refractivity contribution is 0.584. The van der Waals surface area contributed by atoms with E-state index in [0.717, 1.165) is 0 Å². The fourth-order valence-corrected chi connectivity index (χ4v) is 1.87. The number of aromatic nitrogens is 3. The second kappa shape index (κ2) is 4.61. The number of halogens is 2. The molecule has 0 unspecified atom stereocenters. The van der Waals surface area contributed by atoms with Crippen LogP contribution < -0.4 is 0 Å². The van der Waals surface area contributed by atoms with Crippen LogP contribution in [0, 0.1) is 11.8 Å². The van der Waals surface area contributed by atoms with Crippen LogP contribution in [0.2, 0.25) is 0 Å². The summed E-state index contributed by atoms with van der Waals surface area (Å²) in [4.78, 5) is 3.52. The Kier molecular flexibility index (Phi) is 2.79. The Balaban J connectivity index is 2.10. The Labute approximate surface area is 108 Å². The Hall–Kier alpha value is -2.56. The summed E-state index contributed by atoms with van der Waals surface area (Å²) in [5, 5.41) is 4.17. The lowest BCUT2D eigenvalue weighted by Gasteiger charge is -2.07. The van der Waals surface area contributed by atoms with Crippen molar-refractivity contribution >= 4 is 0 Å². The molecule has 2 aromatic heterocycles. The smallest absolute Gasteiger partial charge is 0.213 e. The monoisotopic (exact) mass is 257 g/mol. The quantitative estimate of drug-likeness (QED) is 0.660. The molecule has 0 aliphatic carbocycles. The minimum absolute atomic E-state index is 0.313. The molecule has 3 rings (SSSR count). The Bertz CT molecular complexity index is 705. The standard InChI is InChI=1S/C14H9F2N3/c15-11-1-3-12(4-2-11)19-13(6-8-18-19)10-5-7-17-14(16)9-10/h1-9H. The highest BCUT2D eigenvalue weighted by atomic mass is 19.1. The summed E-state index contributed by atoms with van der Waals surface area (Å²) in [6.45, 7) is 0. The summed E-state index contributed by atoms with van der Waals surface area (Å²) in [5.74, 6) is -0.864. The maximum Gasteiger partial charge on any atom is 0.213 e. The molecular weight excluding hydrogens is 248 g/mol. The van der Waals surface area contributed by atoms with E-state index in [-0.39, 0.29) is 5.82 Å². The largest absolute Gasteiger partial charge is 0.233 e. The van der Waals surface area contributed by atoms with Gasteiger partial charge in [-0.25, -0.2) is 14.1 Å². The van der Waals surface area contributed by atoms with Crippen molar-refractivity contribution in [3.63, 3.8) is 0 Å². The maximum atomic E-state index is 13.2. The van der Waals surface area contributed by atoms with Crippen LogP contribution in [0.4, 0.5) is 8.78 Å². The molecule has 0 bridgehead atoms. The van der Waals surface area contributed by atoms with E-state index in [1.807, 2.05) is 0 Å². The van der Waals surface area contributed by atoms with E-state index in [2.05, 4.69) is 10.1 Å². The zero-order chi connectivity index (χ0) is 13.2. The minimum Gasteiger partial charge on any atom is -0.233 e. The van der Waals surface area contributed by atoms with Gasteiger partial charge in [0.2, 0.25) is 5.95 Å². The van der Waals surface area contributed by atoms with E-state index in [1.54, 1.807) is 35.1 Å². The van der Waals surface area contributed by atoms with Gasteiger partial charge in [0, 0.05) is 17.8 Å². The molecule has 0 spiro atoms. The highest BCUT2D eigenvalue weighted by Gasteiger charge is 2.08. The second-order valence-corrected chi connectivity index (χ2v) is 3.97. The van der Waals surface area contributed by atoms with Crippen molar-refractivity contribution < 1.29 is 8.78 Å². The van der Waals surface area contributed by atoms with Crippen LogP contribution in [0.5, 0.6) is 0 Å². The van der Waals surface area contributed by atoms with Crippen molar-refractivity contribution in [3.05, 3.63) is 66.6 Å². The molecule has 0 aliphatic heterocycles. The molecule has 0 saturated heterocycles. The SMILES string of the molecule is Fc1ccc(-n2nccc2-c2ccnc(F)c2)cc1. The number of benzene rings is 1. The molecule has 2 heterocycles. The van der Waals surface area contributed by atoms with E-state index in [4.69, 9.17) is 0 Å². The lowest BCUT2D eigenvalue weighted by Crippen LogP contribution is -1.99. The molecule has 0 atom stereocenters. The van der Waals surface area contributed by atoms with Crippen molar-refractivity contribution in [2.45, 2.75) is 0 Å². The van der Waals surface area contributed by atoms with Crippen molar-refractivity contribution in [2.24, 2.45) is 0 Å². The third-order valence-electron chi connectivity index (χ3n) is 2.74. The zero-order valence-electron chi connectivity index (χ0n) is 9.79. The average Bonchev–Trinajstić information content (AvgIpc) is 2.89. The molecule has 3 nitrogen and oxygen atoms in total. The first kappa shape index (κ1) is 11.5. The number of hydrogen-bond donors (Lipinski definition) is 0. The number of hydrogen-bond acceptors (Lipinski definition) is 2. The first-order valence-electron chi connectivity index (χ1n) is 5.66. The molecule has 0 aliphatic rings. The summed E-state index contributed by atoms with van der Waals surface area (Å²) in [5.41, 5.74) is 2.08. The van der Waals surface area contributed by atoms with Gasteiger partial charge < -0.3 is 0 Å². The molecule has 0 N–H and O–H groups in total. The Morgan fingerprint density at radius 2 is 1.68 bits per heavy atom. The van der Waals surface area contributed by atoms with E-state index in [1.165, 1.54) is 24.4 Å². The highest BCUT2D eigenvalue weighted by molar-refractivity contribution is 5.61. The number of nitrogens with zero attached hydrogens (tertiary/aromatic N) is 3. The predicted octanol–water partition coefficient (Wildman–Crippen LogP) is 3.21. The van der Waals surface area contributed by atoms with Gasteiger partial charge in [-0.2, -0.15) is 9.49 Å². The molecular formula is C14H9F2N3. The normalized spacial score (nSPS) is 10.6. The molecule has 19 heavy (non-hydrogen) atoms. The molecule has 94 valence electrons. The van der Waals surface area contributed by atoms with Crippen LogP contribution >= 0.6 is 0 Å². The zero-order valence-corrected chi connectivity index (χ0v) is 9.79. The van der Waals surface area contributed by atoms with Crippen LogP contribution in [0.25, 0.3) is 16.9 Å². The summed E-state index contributed by atoms with van der Waals surface area (Å²) in [6.07, 6.45) is 3.00. The Morgan fingerprint density at radius 1 is 0.895 bits per heavy atom. The molecule has 0 radical (unpaired) electrons. The molecule has 1 aromatic carbocycles. The fourth-order valence-electron chi connectivity index (χ4n) is 1.87. The van der Waals surface area contributed by atoms with Crippen LogP contribution in [-0.4, -0.2) is 14.8 Å². The molecule has 0 fully saturated rings. The van der Waals surface area contributed by atoms with Crippen LogP contribution in [0.15, 0.2) is 54.9 Å². The van der Waals surface area contributed by atoms with Crippen molar-refractivity contribution in [2.75, 3.05) is 0 Å². The predicted molar refractivity (Wildman–Crippen MR) is 66.7 cm³/mol. The molecule has 5 heteroatoms. The fraction of sp³-hybridized carbons (Fsp3) is 0. The summed E-state index contributed by atoms with van der Waals surface area (Å²) in [7, 11) is 0. The third-order valence-corrected chi connectivity index (χ3v) is 2.74. The van der Waals surface area contributed by atoms with Gasteiger partial charge in [0.1, 0.15) is 5.82 Å². The van der Waals surface area contributed by atoms with E-state index in [0.29, 0.717) is 16.9 Å². The second-order valence-electron chi connectivity index (χ2n) is 3.97. The van der Waals surface area contributed by atoms with Gasteiger partial charge in [-0.15, -0.1) is 0 Å². The lowest BCUT2D eigenvalue weighted by atomic mass is 10.2. The number of pyridine rings is 1. The van der Waals surface area contributed by atoms with Crippen molar-refractivity contribution in [1.82, 2.24) is 14.8 Å². The van der Waals surface area contributed by atoms with Crippen LogP contribution in [0.1, 0.15) is 0 Å². The number of rotatable bonds is 2. The van der Waals surface area contributed by atoms with Gasteiger partial charge in [0.15, 0.2) is 0 Å². The topological polar surface area (TPSA) is 30.7 Å². The minimum atomic E-state index is -0.552. The van der Waals surface area contributed by atoms with Gasteiger partial charge in [-0.05, 0) is 36.4 Å². The molecule has 0 saturated carbocycles. The van der Waals surface area contributed by atoms with Crippen molar-refractivity contribution in [1.29, 1.82) is 0 Å². The van der Waals surface area contributed by atoms with Crippen LogP contribution in [0.3, 0.4) is 0 Å². The first-order chi connectivity index (χ1) is 9.24. The van der Waals surface area contributed by atoms with E-state index < -0.39 is 5.95 Å². The van der Waals surface area contributed by atoms with Gasteiger partial charge in [-0.3, -0.25) is 0 Å². The maximum absolute atomic E-state index is 13.2. The summed E-state index contributed by atoms with van der Waals surface area (Å²) in [6, 6.07) is 10.7. The van der Waals surface area contributed by atoms with Crippen molar-refractivity contribution in [3.8, 4) is 16.9 Å². The third kappa shape index (κ3) is 2.22. The highest BCUT2D eigenvalue weighted by Crippen LogP contribution is 2.22. The van der Waals surface area contributed by atoms with Crippen LogP contribution in [-0.2, 0) is 0 Å². The van der Waals surface area contributed by atoms with Gasteiger partial charge in [0.05, 0.1) is 17.6 Å². The van der Waals surface area contributed by atoms with E-state index in [9.17, 15) is 8.78 Å². The first-order valence-corrected chi connectivity index (χ1v) is 5.66. The molecule has 3 aromatic rings. The molecule has 0 amide bonds. The van der Waals surface area contributed by atoms with Gasteiger partial charge >= 0.3 is 0 Å². The summed E-state index contributed by atoms with van der Waals surface area (Å²) < 4.78 is 27.7. The van der Waals surface area contributed by atoms with E-state index >= 15 is 0 Å². The van der Waals surface area contributed by atoms with Gasteiger partial charge in [0.25, 0.3) is 0 Å². The van der Waals surface area contributed by atoms with Gasteiger partial charge in [-0.1, -0.05) is 0 Å². The average molecular weight is 257 g/mol.